The number of halogens is 1. The highest BCUT2D eigenvalue weighted by atomic mass is 127. The maximum absolute atomic E-state index is 11.5. The summed E-state index contributed by atoms with van der Waals surface area (Å²) in [6, 6.07) is 15.8. The van der Waals surface area contributed by atoms with Crippen LogP contribution in [0.1, 0.15) is 17.3 Å². The topological polar surface area (TPSA) is 26.3 Å². The monoisotopic (exact) mass is 384 g/mol. The molecule has 98 valence electrons. The molecule has 0 bridgehead atoms. The van der Waals surface area contributed by atoms with Gasteiger partial charge in [0, 0.05) is 13.4 Å². The Bertz CT molecular complexity index is 549. The van der Waals surface area contributed by atoms with E-state index in [2.05, 4.69) is 46.9 Å². The van der Waals surface area contributed by atoms with Crippen molar-refractivity contribution >= 4 is 40.3 Å². The molecule has 0 aliphatic heterocycles. The SMILES string of the molecule is CCOC(=O)c1ccc(Sc2ccc(I)cc2)cc1. The summed E-state index contributed by atoms with van der Waals surface area (Å²) in [7, 11) is 0. The molecule has 2 nitrogen and oxygen atoms in total. The zero-order valence-electron chi connectivity index (χ0n) is 10.4. The van der Waals surface area contributed by atoms with Crippen LogP contribution in [0, 0.1) is 3.57 Å². The highest BCUT2D eigenvalue weighted by Crippen LogP contribution is 2.28. The summed E-state index contributed by atoms with van der Waals surface area (Å²) in [6.07, 6.45) is 0. The molecule has 2 aromatic rings. The molecule has 0 aromatic heterocycles. The highest BCUT2D eigenvalue weighted by molar-refractivity contribution is 14.1. The lowest BCUT2D eigenvalue weighted by Crippen LogP contribution is -2.03. The van der Waals surface area contributed by atoms with Crippen LogP contribution < -0.4 is 0 Å². The fraction of sp³-hybridized carbons (Fsp3) is 0.133. The third kappa shape index (κ3) is 4.24. The summed E-state index contributed by atoms with van der Waals surface area (Å²) in [5, 5.41) is 0. The number of carbonyl (C=O) groups is 1. The fourth-order valence-electron chi connectivity index (χ4n) is 1.51. The first-order chi connectivity index (χ1) is 9.19. The Balaban J connectivity index is 2.06. The fourth-order valence-corrected chi connectivity index (χ4v) is 2.69. The van der Waals surface area contributed by atoms with Crippen LogP contribution in [0.3, 0.4) is 0 Å². The average Bonchev–Trinajstić information content (AvgIpc) is 2.42. The summed E-state index contributed by atoms with van der Waals surface area (Å²) >= 11 is 3.96. The van der Waals surface area contributed by atoms with Crippen LogP contribution in [0.25, 0.3) is 0 Å². The number of ether oxygens (including phenoxy) is 1. The predicted octanol–water partition coefficient (Wildman–Crippen LogP) is 4.62. The third-order valence-electron chi connectivity index (χ3n) is 2.41. The lowest BCUT2D eigenvalue weighted by molar-refractivity contribution is 0.0526. The van der Waals surface area contributed by atoms with E-state index < -0.39 is 0 Å². The van der Waals surface area contributed by atoms with E-state index in [1.807, 2.05) is 12.1 Å². The van der Waals surface area contributed by atoms with Crippen molar-refractivity contribution in [3.63, 3.8) is 0 Å². The summed E-state index contributed by atoms with van der Waals surface area (Å²) in [5.74, 6) is -0.270. The van der Waals surface area contributed by atoms with Gasteiger partial charge in [-0.05, 0) is 78.0 Å². The van der Waals surface area contributed by atoms with Gasteiger partial charge in [0.05, 0.1) is 12.2 Å². The molecule has 4 heteroatoms. The van der Waals surface area contributed by atoms with Crippen LogP contribution >= 0.6 is 34.4 Å². The Hall–Kier alpha value is -1.01. The molecule has 0 radical (unpaired) electrons. The van der Waals surface area contributed by atoms with Gasteiger partial charge in [-0.3, -0.25) is 0 Å². The van der Waals surface area contributed by atoms with Crippen molar-refractivity contribution in [3.8, 4) is 0 Å². The largest absolute Gasteiger partial charge is 0.462 e. The van der Waals surface area contributed by atoms with Crippen molar-refractivity contribution in [3.05, 3.63) is 57.7 Å². The smallest absolute Gasteiger partial charge is 0.338 e. The lowest BCUT2D eigenvalue weighted by Gasteiger charge is -2.04. The van der Waals surface area contributed by atoms with Gasteiger partial charge in [0.15, 0.2) is 0 Å². The van der Waals surface area contributed by atoms with E-state index in [9.17, 15) is 4.79 Å². The Morgan fingerprint density at radius 1 is 1.05 bits per heavy atom. The summed E-state index contributed by atoms with van der Waals surface area (Å²) < 4.78 is 6.17. The van der Waals surface area contributed by atoms with Crippen molar-refractivity contribution in [2.45, 2.75) is 16.7 Å². The van der Waals surface area contributed by atoms with Gasteiger partial charge < -0.3 is 4.74 Å². The number of rotatable bonds is 4. The van der Waals surface area contributed by atoms with E-state index in [-0.39, 0.29) is 5.97 Å². The first-order valence-corrected chi connectivity index (χ1v) is 7.79. The maximum Gasteiger partial charge on any atom is 0.338 e. The van der Waals surface area contributed by atoms with E-state index in [1.54, 1.807) is 30.8 Å². The van der Waals surface area contributed by atoms with Gasteiger partial charge in [-0.25, -0.2) is 4.79 Å². The predicted molar refractivity (Wildman–Crippen MR) is 85.7 cm³/mol. The Morgan fingerprint density at radius 3 is 2.11 bits per heavy atom. The van der Waals surface area contributed by atoms with E-state index in [0.29, 0.717) is 12.2 Å². The van der Waals surface area contributed by atoms with Crippen molar-refractivity contribution in [1.29, 1.82) is 0 Å². The van der Waals surface area contributed by atoms with Crippen LogP contribution in [0.15, 0.2) is 58.3 Å². The second-order valence-electron chi connectivity index (χ2n) is 3.80. The molecule has 0 unspecified atom stereocenters. The van der Waals surface area contributed by atoms with E-state index in [4.69, 9.17) is 4.74 Å². The molecule has 0 fully saturated rings. The van der Waals surface area contributed by atoms with Crippen LogP contribution in [-0.2, 0) is 4.74 Å². The molecular weight excluding hydrogens is 371 g/mol. The van der Waals surface area contributed by atoms with Crippen molar-refractivity contribution in [2.75, 3.05) is 6.61 Å². The Kier molecular flexibility index (Phi) is 5.27. The minimum atomic E-state index is -0.270. The Morgan fingerprint density at radius 2 is 1.58 bits per heavy atom. The number of hydrogen-bond acceptors (Lipinski definition) is 3. The average molecular weight is 384 g/mol. The van der Waals surface area contributed by atoms with E-state index >= 15 is 0 Å². The quantitative estimate of drug-likeness (QED) is 0.569. The minimum absolute atomic E-state index is 0.270. The number of carbonyl (C=O) groups excluding carboxylic acids is 1. The van der Waals surface area contributed by atoms with Gasteiger partial charge in [0.2, 0.25) is 0 Å². The van der Waals surface area contributed by atoms with Gasteiger partial charge in [0.1, 0.15) is 0 Å². The molecule has 0 spiro atoms. The zero-order valence-corrected chi connectivity index (χ0v) is 13.4. The van der Waals surface area contributed by atoms with Gasteiger partial charge in [-0.2, -0.15) is 0 Å². The van der Waals surface area contributed by atoms with E-state index in [0.717, 1.165) is 4.90 Å². The Labute approximate surface area is 130 Å². The lowest BCUT2D eigenvalue weighted by atomic mass is 10.2. The molecule has 2 aromatic carbocycles. The van der Waals surface area contributed by atoms with Crippen LogP contribution in [0.5, 0.6) is 0 Å². The second kappa shape index (κ2) is 6.96. The molecule has 19 heavy (non-hydrogen) atoms. The first kappa shape index (κ1) is 14.4. The summed E-state index contributed by atoms with van der Waals surface area (Å²) in [4.78, 5) is 13.8. The molecule has 0 aliphatic carbocycles. The number of esters is 1. The summed E-state index contributed by atoms with van der Waals surface area (Å²) in [6.45, 7) is 2.21. The maximum atomic E-state index is 11.5. The van der Waals surface area contributed by atoms with Gasteiger partial charge in [0.25, 0.3) is 0 Å². The third-order valence-corrected chi connectivity index (χ3v) is 4.15. The van der Waals surface area contributed by atoms with Crippen molar-refractivity contribution in [1.82, 2.24) is 0 Å². The van der Waals surface area contributed by atoms with Crippen LogP contribution in [-0.4, -0.2) is 12.6 Å². The normalized spacial score (nSPS) is 10.2. The van der Waals surface area contributed by atoms with E-state index in [1.165, 1.54) is 8.47 Å². The highest BCUT2D eigenvalue weighted by Gasteiger charge is 2.06. The molecule has 0 heterocycles. The molecule has 0 N–H and O–H groups in total. The number of hydrogen-bond donors (Lipinski definition) is 0. The zero-order chi connectivity index (χ0) is 13.7. The molecule has 0 saturated carbocycles. The molecule has 0 saturated heterocycles. The molecule has 2 rings (SSSR count). The standard InChI is InChI=1S/C15H13IO2S/c1-2-18-15(17)11-3-7-13(8-4-11)19-14-9-5-12(16)6-10-14/h3-10H,2H2,1H3. The van der Waals surface area contributed by atoms with Gasteiger partial charge >= 0.3 is 5.97 Å². The van der Waals surface area contributed by atoms with Crippen molar-refractivity contribution < 1.29 is 9.53 Å². The van der Waals surface area contributed by atoms with Crippen LogP contribution in [0.2, 0.25) is 0 Å². The first-order valence-electron chi connectivity index (χ1n) is 5.89. The van der Waals surface area contributed by atoms with Crippen LogP contribution in [0.4, 0.5) is 0 Å². The van der Waals surface area contributed by atoms with Gasteiger partial charge in [-0.1, -0.05) is 11.8 Å². The molecular formula is C15H13IO2S. The second-order valence-corrected chi connectivity index (χ2v) is 6.19. The molecule has 0 aliphatic rings. The van der Waals surface area contributed by atoms with Crippen molar-refractivity contribution in [2.24, 2.45) is 0 Å². The van der Waals surface area contributed by atoms with Gasteiger partial charge in [-0.15, -0.1) is 0 Å². The molecule has 0 atom stereocenters. The minimum Gasteiger partial charge on any atom is -0.462 e. The number of benzene rings is 2. The summed E-state index contributed by atoms with van der Waals surface area (Å²) in [5.41, 5.74) is 0.591. The molecule has 0 amide bonds.